The van der Waals surface area contributed by atoms with Crippen LogP contribution in [0.15, 0.2) is 22.7 Å². The van der Waals surface area contributed by atoms with Crippen LogP contribution in [0.4, 0.5) is 5.69 Å². The van der Waals surface area contributed by atoms with E-state index in [0.29, 0.717) is 0 Å². The SMILES string of the molecule is CC(O)CCN(C)Cc1ccc(Br)cc1N. The molecule has 0 aliphatic heterocycles. The van der Waals surface area contributed by atoms with Gasteiger partial charge in [0.1, 0.15) is 0 Å². The molecule has 3 nitrogen and oxygen atoms in total. The number of halogens is 1. The Morgan fingerprint density at radius 1 is 1.50 bits per heavy atom. The summed E-state index contributed by atoms with van der Waals surface area (Å²) in [6.07, 6.45) is 0.539. The first-order valence-electron chi connectivity index (χ1n) is 5.39. The van der Waals surface area contributed by atoms with Gasteiger partial charge in [-0.05, 0) is 38.1 Å². The lowest BCUT2D eigenvalue weighted by Gasteiger charge is -2.18. The van der Waals surface area contributed by atoms with Crippen molar-refractivity contribution in [2.75, 3.05) is 19.3 Å². The minimum absolute atomic E-state index is 0.246. The summed E-state index contributed by atoms with van der Waals surface area (Å²) < 4.78 is 1.00. The van der Waals surface area contributed by atoms with E-state index in [-0.39, 0.29) is 6.10 Å². The molecular formula is C12H19BrN2O. The molecule has 0 bridgehead atoms. The standard InChI is InChI=1S/C12H19BrN2O/c1-9(16)5-6-15(2)8-10-3-4-11(13)7-12(10)14/h3-4,7,9,16H,5-6,8,14H2,1-2H3. The summed E-state index contributed by atoms with van der Waals surface area (Å²) in [5.41, 5.74) is 7.85. The predicted molar refractivity (Wildman–Crippen MR) is 71.2 cm³/mol. The number of rotatable bonds is 5. The van der Waals surface area contributed by atoms with Crippen molar-refractivity contribution in [1.82, 2.24) is 4.90 Å². The van der Waals surface area contributed by atoms with Gasteiger partial charge in [0.15, 0.2) is 0 Å². The lowest BCUT2D eigenvalue weighted by molar-refractivity contribution is 0.163. The molecule has 1 unspecified atom stereocenters. The van der Waals surface area contributed by atoms with E-state index in [1.165, 1.54) is 0 Å². The third-order valence-electron chi connectivity index (χ3n) is 2.48. The smallest absolute Gasteiger partial charge is 0.0524 e. The van der Waals surface area contributed by atoms with Crippen molar-refractivity contribution < 1.29 is 5.11 Å². The van der Waals surface area contributed by atoms with Crippen LogP contribution in [-0.4, -0.2) is 29.7 Å². The van der Waals surface area contributed by atoms with E-state index in [2.05, 4.69) is 20.8 Å². The van der Waals surface area contributed by atoms with Crippen molar-refractivity contribution in [1.29, 1.82) is 0 Å². The summed E-state index contributed by atoms with van der Waals surface area (Å²) in [6, 6.07) is 5.93. The Hall–Kier alpha value is -0.580. The molecule has 0 saturated heterocycles. The number of hydrogen-bond acceptors (Lipinski definition) is 3. The van der Waals surface area contributed by atoms with E-state index in [4.69, 9.17) is 5.73 Å². The maximum absolute atomic E-state index is 9.20. The van der Waals surface area contributed by atoms with Gasteiger partial charge in [0.05, 0.1) is 6.10 Å². The van der Waals surface area contributed by atoms with Gasteiger partial charge in [0.2, 0.25) is 0 Å². The average Bonchev–Trinajstić information content (AvgIpc) is 2.19. The number of aliphatic hydroxyl groups excluding tert-OH is 1. The number of nitrogens with zero attached hydrogens (tertiary/aromatic N) is 1. The maximum Gasteiger partial charge on any atom is 0.0524 e. The molecule has 0 spiro atoms. The maximum atomic E-state index is 9.20. The van der Waals surface area contributed by atoms with Crippen LogP contribution in [-0.2, 0) is 6.54 Å². The van der Waals surface area contributed by atoms with Crippen molar-refractivity contribution >= 4 is 21.6 Å². The molecule has 1 aromatic carbocycles. The highest BCUT2D eigenvalue weighted by atomic mass is 79.9. The van der Waals surface area contributed by atoms with Gasteiger partial charge in [-0.3, -0.25) is 0 Å². The van der Waals surface area contributed by atoms with Gasteiger partial charge in [-0.25, -0.2) is 0 Å². The molecule has 0 aliphatic carbocycles. The summed E-state index contributed by atoms with van der Waals surface area (Å²) in [4.78, 5) is 2.16. The Balaban J connectivity index is 2.52. The molecule has 0 aromatic heterocycles. The van der Waals surface area contributed by atoms with Crippen molar-refractivity contribution in [2.45, 2.75) is 26.0 Å². The minimum Gasteiger partial charge on any atom is -0.398 e. The molecule has 4 heteroatoms. The largest absolute Gasteiger partial charge is 0.398 e. The first-order valence-corrected chi connectivity index (χ1v) is 6.19. The fourth-order valence-electron chi connectivity index (χ4n) is 1.49. The third-order valence-corrected chi connectivity index (χ3v) is 2.97. The number of anilines is 1. The van der Waals surface area contributed by atoms with Crippen molar-refractivity contribution in [2.24, 2.45) is 0 Å². The van der Waals surface area contributed by atoms with Gasteiger partial charge in [0.25, 0.3) is 0 Å². The summed E-state index contributed by atoms with van der Waals surface area (Å²) in [7, 11) is 2.03. The Labute approximate surface area is 105 Å². The number of benzene rings is 1. The van der Waals surface area contributed by atoms with E-state index in [9.17, 15) is 5.11 Å². The second-order valence-corrected chi connectivity index (χ2v) is 5.13. The minimum atomic E-state index is -0.246. The Morgan fingerprint density at radius 3 is 2.75 bits per heavy atom. The normalized spacial score (nSPS) is 13.1. The molecule has 0 heterocycles. The van der Waals surface area contributed by atoms with Crippen LogP contribution in [0.3, 0.4) is 0 Å². The lowest BCUT2D eigenvalue weighted by atomic mass is 10.1. The quantitative estimate of drug-likeness (QED) is 0.817. The first kappa shape index (κ1) is 13.5. The molecule has 1 atom stereocenters. The van der Waals surface area contributed by atoms with Gasteiger partial charge in [-0.1, -0.05) is 22.0 Å². The highest BCUT2D eigenvalue weighted by Gasteiger charge is 2.05. The summed E-state index contributed by atoms with van der Waals surface area (Å²) in [6.45, 7) is 3.49. The summed E-state index contributed by atoms with van der Waals surface area (Å²) in [5.74, 6) is 0. The molecular weight excluding hydrogens is 268 g/mol. The van der Waals surface area contributed by atoms with Crippen LogP contribution in [0.1, 0.15) is 18.9 Å². The van der Waals surface area contributed by atoms with Gasteiger partial charge < -0.3 is 15.7 Å². The molecule has 3 N–H and O–H groups in total. The first-order chi connectivity index (χ1) is 7.49. The third kappa shape index (κ3) is 4.51. The Morgan fingerprint density at radius 2 is 2.19 bits per heavy atom. The molecule has 0 radical (unpaired) electrons. The predicted octanol–water partition coefficient (Wildman–Crippen LogP) is 2.23. The van der Waals surface area contributed by atoms with E-state index in [1.54, 1.807) is 0 Å². The monoisotopic (exact) mass is 286 g/mol. The molecule has 90 valence electrons. The second-order valence-electron chi connectivity index (χ2n) is 4.22. The highest BCUT2D eigenvalue weighted by Crippen LogP contribution is 2.19. The lowest BCUT2D eigenvalue weighted by Crippen LogP contribution is -2.22. The number of hydrogen-bond donors (Lipinski definition) is 2. The zero-order valence-electron chi connectivity index (χ0n) is 9.78. The topological polar surface area (TPSA) is 49.5 Å². The fraction of sp³-hybridized carbons (Fsp3) is 0.500. The Bertz CT molecular complexity index is 342. The second kappa shape index (κ2) is 6.23. The molecule has 0 aliphatic rings. The van der Waals surface area contributed by atoms with Gasteiger partial charge in [-0.15, -0.1) is 0 Å². The van der Waals surface area contributed by atoms with Crippen LogP contribution in [0.25, 0.3) is 0 Å². The molecule has 0 amide bonds. The highest BCUT2D eigenvalue weighted by molar-refractivity contribution is 9.10. The average molecular weight is 287 g/mol. The van der Waals surface area contributed by atoms with E-state index >= 15 is 0 Å². The zero-order chi connectivity index (χ0) is 12.1. The number of aliphatic hydroxyl groups is 1. The summed E-state index contributed by atoms with van der Waals surface area (Å²) in [5, 5.41) is 9.20. The van der Waals surface area contributed by atoms with Crippen LogP contribution in [0.2, 0.25) is 0 Å². The van der Waals surface area contributed by atoms with E-state index in [0.717, 1.165) is 35.2 Å². The van der Waals surface area contributed by atoms with Gasteiger partial charge >= 0.3 is 0 Å². The Kier molecular flexibility index (Phi) is 5.25. The van der Waals surface area contributed by atoms with Crippen LogP contribution in [0.5, 0.6) is 0 Å². The molecule has 0 saturated carbocycles. The van der Waals surface area contributed by atoms with E-state index < -0.39 is 0 Å². The van der Waals surface area contributed by atoms with Crippen LogP contribution in [0, 0.1) is 0 Å². The van der Waals surface area contributed by atoms with E-state index in [1.807, 2.05) is 32.2 Å². The fourth-order valence-corrected chi connectivity index (χ4v) is 1.87. The number of nitrogens with two attached hydrogens (primary N) is 1. The van der Waals surface area contributed by atoms with Crippen LogP contribution < -0.4 is 5.73 Å². The van der Waals surface area contributed by atoms with Gasteiger partial charge in [0, 0.05) is 23.2 Å². The number of nitrogen functional groups attached to an aromatic ring is 1. The van der Waals surface area contributed by atoms with Crippen molar-refractivity contribution in [3.63, 3.8) is 0 Å². The molecule has 1 rings (SSSR count). The molecule has 16 heavy (non-hydrogen) atoms. The van der Waals surface area contributed by atoms with Crippen molar-refractivity contribution in [3.05, 3.63) is 28.2 Å². The van der Waals surface area contributed by atoms with Crippen molar-refractivity contribution in [3.8, 4) is 0 Å². The zero-order valence-corrected chi connectivity index (χ0v) is 11.4. The molecule has 0 fully saturated rings. The van der Waals surface area contributed by atoms with Gasteiger partial charge in [-0.2, -0.15) is 0 Å². The molecule has 1 aromatic rings. The van der Waals surface area contributed by atoms with Crippen LogP contribution >= 0.6 is 15.9 Å². The summed E-state index contributed by atoms with van der Waals surface area (Å²) >= 11 is 3.39.